The summed E-state index contributed by atoms with van der Waals surface area (Å²) in [6.07, 6.45) is -2.01. The van der Waals surface area contributed by atoms with Crippen LogP contribution in [0.2, 0.25) is 0 Å². The van der Waals surface area contributed by atoms with Crippen molar-refractivity contribution in [3.63, 3.8) is 0 Å². The van der Waals surface area contributed by atoms with E-state index in [1.54, 1.807) is 40.0 Å². The Morgan fingerprint density at radius 2 is 1.75 bits per heavy atom. The zero-order valence-electron chi connectivity index (χ0n) is 31.3. The quantitative estimate of drug-likeness (QED) is 0.101. The summed E-state index contributed by atoms with van der Waals surface area (Å²) in [6.45, 7) is 14.9. The van der Waals surface area contributed by atoms with Crippen LogP contribution >= 0.6 is 0 Å². The van der Waals surface area contributed by atoms with E-state index in [1.165, 1.54) is 36.4 Å². The predicted octanol–water partition coefficient (Wildman–Crippen LogP) is 9.88. The predicted molar refractivity (Wildman–Crippen MR) is 196 cm³/mol. The van der Waals surface area contributed by atoms with E-state index in [4.69, 9.17) is 24.4 Å². The number of rotatable bonds is 12. The standard InChI is InChI=1S/C36H41BF6N4O4.C2H6/c1-7-23(3)31(29-12-9-19-47(29)32(37-50-22-44)46-33(48)51-34(4,5)6)45-28(8-2)25-15-18-30(27(21-25)36(41,42)43)49-20-10-11-24-13-16-26(17-14-24)35(38,39)40;1-2/h8,10-11,13-18,21,23,29H,7,9,12,19-20H2,1-6H3,(H,46,48);1-2H3/b11-10-,28-8-,45-31?;. The zero-order chi connectivity index (χ0) is 40.0. The van der Waals surface area contributed by atoms with Crippen molar-refractivity contribution >= 4 is 36.4 Å². The number of ether oxygens (including phenoxy) is 2. The number of nitrogens with zero attached hydrogens (tertiary/aromatic N) is 3. The summed E-state index contributed by atoms with van der Waals surface area (Å²) in [7, 11) is 1.11. The number of benzene rings is 2. The molecule has 2 unspecified atom stereocenters. The normalized spacial score (nSPS) is 16.3. The fourth-order valence-corrected chi connectivity index (χ4v) is 5.32. The summed E-state index contributed by atoms with van der Waals surface area (Å²) < 4.78 is 97.1. The average Bonchev–Trinajstić information content (AvgIpc) is 3.58. The van der Waals surface area contributed by atoms with Crippen LogP contribution in [0.4, 0.5) is 31.1 Å². The summed E-state index contributed by atoms with van der Waals surface area (Å²) in [5, 5.41) is 11.7. The molecule has 0 bridgehead atoms. The minimum atomic E-state index is -4.78. The Morgan fingerprint density at radius 1 is 1.09 bits per heavy atom. The third-order valence-corrected chi connectivity index (χ3v) is 7.86. The van der Waals surface area contributed by atoms with Gasteiger partial charge in [-0.05, 0) is 23.8 Å². The maximum absolute atomic E-state index is 14.3. The number of hydrogen-bond acceptors (Lipinski definition) is 7. The number of aliphatic imine (C=N–C) groups is 1. The van der Waals surface area contributed by atoms with Gasteiger partial charge >= 0.3 is 234 Å². The molecule has 2 aromatic rings. The van der Waals surface area contributed by atoms with Crippen LogP contribution in [0.15, 0.2) is 59.6 Å². The molecule has 1 saturated heterocycles. The van der Waals surface area contributed by atoms with Crippen molar-refractivity contribution in [3.05, 3.63) is 76.9 Å². The van der Waals surface area contributed by atoms with E-state index in [0.717, 1.165) is 25.3 Å². The van der Waals surface area contributed by atoms with Crippen LogP contribution < -0.4 is 10.1 Å². The number of carbonyl (C=O) groups excluding carboxylic acids is 1. The first-order valence-electron chi connectivity index (χ1n) is 17.3. The molecule has 1 heterocycles. The Hall–Kier alpha value is -4.74. The average molecular weight is 749 g/mol. The van der Waals surface area contributed by atoms with Gasteiger partial charge in [0.1, 0.15) is 0 Å². The van der Waals surface area contributed by atoms with Crippen LogP contribution in [-0.2, 0) is 21.7 Å². The Bertz CT molecular complexity index is 1670. The molecule has 288 valence electrons. The molecule has 15 heteroatoms. The molecule has 1 fully saturated rings. The fraction of sp³-hybridized carbons (Fsp3) is 0.474. The van der Waals surface area contributed by atoms with Crippen molar-refractivity contribution in [2.45, 2.75) is 98.6 Å². The number of alkyl halides is 6. The van der Waals surface area contributed by atoms with Crippen LogP contribution in [0.25, 0.3) is 11.8 Å². The number of carbonyl (C=O) groups is 1. The summed E-state index contributed by atoms with van der Waals surface area (Å²) >= 11 is 0. The third kappa shape index (κ3) is 13.6. The number of likely N-dealkylation sites (tertiary alicyclic amines) is 1. The number of halogens is 6. The topological polar surface area (TPSA) is 96.2 Å². The van der Waals surface area contributed by atoms with Crippen molar-refractivity contribution in [1.82, 2.24) is 10.2 Å². The first kappa shape index (κ1) is 44.4. The summed E-state index contributed by atoms with van der Waals surface area (Å²) in [6, 6.07) is 7.59. The van der Waals surface area contributed by atoms with E-state index in [1.807, 2.05) is 32.6 Å². The van der Waals surface area contributed by atoms with Crippen LogP contribution in [-0.4, -0.2) is 54.3 Å². The van der Waals surface area contributed by atoms with Crippen LogP contribution in [0.5, 0.6) is 5.75 Å². The molecule has 2 aromatic carbocycles. The Labute approximate surface area is 308 Å². The SMILES string of the molecule is C/C=C(\N=C(C(C)CC)C1CCCN1C(=BOC#N)NC(=O)OC(C)(C)C)c1ccc(OC/C=C\c2ccc(C(F)(F)F)cc2)c(C(F)(F)F)c1.CC. The van der Waals surface area contributed by atoms with E-state index in [0.29, 0.717) is 37.1 Å². The molecule has 0 aliphatic carbocycles. The summed E-state index contributed by atoms with van der Waals surface area (Å²) in [5.41, 5.74) is -0.873. The van der Waals surface area contributed by atoms with E-state index in [2.05, 4.69) is 5.32 Å². The van der Waals surface area contributed by atoms with Gasteiger partial charge in [0.2, 0.25) is 0 Å². The number of amides is 1. The number of nitrogens with one attached hydrogen (secondary N) is 1. The smallest absolute Gasteiger partial charge is 0.0683 e. The molecule has 3 rings (SSSR count). The van der Waals surface area contributed by atoms with Gasteiger partial charge in [0.05, 0.1) is 5.56 Å². The van der Waals surface area contributed by atoms with E-state index >= 15 is 0 Å². The van der Waals surface area contributed by atoms with Gasteiger partial charge in [0.15, 0.2) is 0 Å². The number of hydrogen-bond donors (Lipinski definition) is 1. The largest absolute Gasteiger partial charge is 0.0683 e. The minimum Gasteiger partial charge on any atom is -0.0683 e. The molecule has 8 nitrogen and oxygen atoms in total. The third-order valence-electron chi connectivity index (χ3n) is 7.86. The van der Waals surface area contributed by atoms with Crippen molar-refractivity contribution in [2.24, 2.45) is 10.9 Å². The molecule has 53 heavy (non-hydrogen) atoms. The summed E-state index contributed by atoms with van der Waals surface area (Å²) in [4.78, 5) is 19.4. The first-order chi connectivity index (χ1) is 24.9. The second-order valence-electron chi connectivity index (χ2n) is 12.8. The molecular formula is C38H47BF6N4O4. The van der Waals surface area contributed by atoms with E-state index < -0.39 is 40.9 Å². The summed E-state index contributed by atoms with van der Waals surface area (Å²) in [5.74, 6) is -0.543. The maximum Gasteiger partial charge on any atom is -0.0683 e. The van der Waals surface area contributed by atoms with E-state index in [9.17, 15) is 31.1 Å². The van der Waals surface area contributed by atoms with Crippen molar-refractivity contribution < 1.29 is 45.3 Å². The van der Waals surface area contributed by atoms with Gasteiger partial charge in [-0.15, -0.1) is 0 Å². The molecule has 0 radical (unpaired) electrons. The van der Waals surface area contributed by atoms with Crippen molar-refractivity contribution in [3.8, 4) is 12.0 Å². The van der Waals surface area contributed by atoms with Crippen molar-refractivity contribution in [2.75, 3.05) is 13.2 Å². The molecule has 1 aliphatic heterocycles. The molecular weight excluding hydrogens is 701 g/mol. The van der Waals surface area contributed by atoms with Gasteiger partial charge in [0, 0.05) is 0 Å². The molecule has 0 aromatic heterocycles. The van der Waals surface area contributed by atoms with Gasteiger partial charge < -0.3 is 0 Å². The van der Waals surface area contributed by atoms with Gasteiger partial charge in [0.25, 0.3) is 0 Å². The minimum absolute atomic E-state index is 0.119. The van der Waals surface area contributed by atoms with Gasteiger partial charge in [-0.2, -0.15) is 13.2 Å². The van der Waals surface area contributed by atoms with E-state index in [-0.39, 0.29) is 35.5 Å². The fourth-order valence-electron chi connectivity index (χ4n) is 5.32. The van der Waals surface area contributed by atoms with Crippen molar-refractivity contribution in [1.29, 1.82) is 5.26 Å². The van der Waals surface area contributed by atoms with Gasteiger partial charge in [-0.3, -0.25) is 0 Å². The van der Waals surface area contributed by atoms with Crippen LogP contribution in [0.1, 0.15) is 96.9 Å². The molecule has 0 saturated carbocycles. The monoisotopic (exact) mass is 748 g/mol. The number of alkyl carbamates (subject to hydrolysis) is 1. The number of nitriles is 1. The first-order valence-corrected chi connectivity index (χ1v) is 17.3. The maximum atomic E-state index is 14.3. The zero-order valence-corrected chi connectivity index (χ0v) is 31.3. The Morgan fingerprint density at radius 3 is 2.30 bits per heavy atom. The second-order valence-corrected chi connectivity index (χ2v) is 12.8. The van der Waals surface area contributed by atoms with Gasteiger partial charge in [-0.1, -0.05) is 32.1 Å². The van der Waals surface area contributed by atoms with Gasteiger partial charge in [-0.25, -0.2) is 0 Å². The molecule has 2 atom stereocenters. The van der Waals surface area contributed by atoms with Crippen LogP contribution in [0, 0.1) is 17.4 Å². The molecule has 1 N–H and O–H groups in total. The molecule has 0 spiro atoms. The number of allylic oxidation sites excluding steroid dienone is 1. The molecule has 1 amide bonds. The molecule has 1 aliphatic rings. The van der Waals surface area contributed by atoms with Crippen LogP contribution in [0.3, 0.4) is 0 Å². The second kappa shape index (κ2) is 19.9. The Balaban J connectivity index is 0.00000477. The Kier molecular flexibility index (Phi) is 16.7.